The molecule has 0 saturated carbocycles. The van der Waals surface area contributed by atoms with Crippen LogP contribution < -0.4 is 0 Å². The van der Waals surface area contributed by atoms with Crippen molar-refractivity contribution in [2.75, 3.05) is 6.61 Å². The van der Waals surface area contributed by atoms with Crippen LogP contribution >= 0.6 is 0 Å². The Hall–Kier alpha value is -0.231. The normalized spacial score (nSPS) is 19.4. The molecule has 0 radical (unpaired) electrons. The first kappa shape index (κ1) is 26.8. The number of rotatable bonds is 11. The number of ether oxygens (including phenoxy) is 2. The molecule has 1 atom stereocenters. The number of amides is 1. The summed E-state index contributed by atoms with van der Waals surface area (Å²) in [4.78, 5) is 15.0. The van der Waals surface area contributed by atoms with Gasteiger partial charge in [0.2, 0.25) is 0 Å². The number of hydrogen-bond donors (Lipinski definition) is 0. The third-order valence-corrected chi connectivity index (χ3v) is 22.2. The van der Waals surface area contributed by atoms with E-state index in [1.54, 1.807) is 0 Å². The quantitative estimate of drug-likeness (QED) is 0.271. The molecular formula is C24H47NO3Sn. The van der Waals surface area contributed by atoms with Crippen LogP contribution in [0.2, 0.25) is 13.3 Å². The van der Waals surface area contributed by atoms with E-state index in [0.717, 1.165) is 0 Å². The van der Waals surface area contributed by atoms with Gasteiger partial charge in [-0.3, -0.25) is 0 Å². The van der Waals surface area contributed by atoms with E-state index in [4.69, 9.17) is 16.1 Å². The predicted octanol–water partition coefficient (Wildman–Crippen LogP) is 7.30. The first-order valence-electron chi connectivity index (χ1n) is 11.8. The zero-order valence-corrected chi connectivity index (χ0v) is 23.4. The van der Waals surface area contributed by atoms with Crippen molar-refractivity contribution in [3.63, 3.8) is 0 Å². The van der Waals surface area contributed by atoms with Gasteiger partial charge in [-0.2, -0.15) is 0 Å². The van der Waals surface area contributed by atoms with E-state index in [1.807, 2.05) is 39.5 Å². The van der Waals surface area contributed by atoms with Crippen molar-refractivity contribution in [2.24, 2.45) is 0 Å². The molecule has 1 fully saturated rings. The van der Waals surface area contributed by atoms with Gasteiger partial charge in [0, 0.05) is 0 Å². The number of unbranched alkanes of at least 4 members (excludes halogenated alkanes) is 3. The predicted molar refractivity (Wildman–Crippen MR) is 126 cm³/mol. The number of nitrogens with zero attached hydrogens (tertiary/aromatic N) is 1. The molecule has 4 nitrogen and oxygen atoms in total. The van der Waals surface area contributed by atoms with Crippen LogP contribution in [-0.4, -0.2) is 53.3 Å². The second-order valence-corrected chi connectivity index (χ2v) is 23.7. The maximum atomic E-state index is 13.2. The molecule has 5 heteroatoms. The van der Waals surface area contributed by atoms with Crippen molar-refractivity contribution >= 4 is 24.5 Å². The Kier molecular flexibility index (Phi) is 10.5. The molecule has 0 bridgehead atoms. The number of carbonyl (C=O) groups excluding carboxylic acids is 1. The van der Waals surface area contributed by atoms with E-state index in [-0.39, 0.29) is 12.1 Å². The molecule has 0 spiro atoms. The Bertz CT molecular complexity index is 517. The molecule has 1 heterocycles. The maximum absolute atomic E-state index is 13.2. The molecule has 0 aromatic heterocycles. The summed E-state index contributed by atoms with van der Waals surface area (Å²) in [7, 11) is 0. The first-order chi connectivity index (χ1) is 13.4. The van der Waals surface area contributed by atoms with Crippen LogP contribution in [0.4, 0.5) is 4.79 Å². The van der Waals surface area contributed by atoms with E-state index in [0.29, 0.717) is 6.61 Å². The van der Waals surface area contributed by atoms with Gasteiger partial charge in [0.05, 0.1) is 0 Å². The van der Waals surface area contributed by atoms with Crippen LogP contribution in [0.1, 0.15) is 93.9 Å². The molecule has 0 aromatic rings. The minimum atomic E-state index is -2.69. The Morgan fingerprint density at radius 1 is 1.07 bits per heavy atom. The van der Waals surface area contributed by atoms with E-state index in [1.165, 1.54) is 55.4 Å². The third kappa shape index (κ3) is 7.44. The molecule has 1 aliphatic heterocycles. The molecule has 170 valence electrons. The van der Waals surface area contributed by atoms with Crippen LogP contribution in [-0.2, 0) is 9.47 Å². The average molecular weight is 516 g/mol. The van der Waals surface area contributed by atoms with E-state index in [2.05, 4.69) is 20.8 Å². The average Bonchev–Trinajstić information content (AvgIpc) is 2.94. The van der Waals surface area contributed by atoms with Gasteiger partial charge in [0.25, 0.3) is 0 Å². The molecule has 29 heavy (non-hydrogen) atoms. The van der Waals surface area contributed by atoms with Crippen molar-refractivity contribution in [3.05, 3.63) is 10.2 Å². The van der Waals surface area contributed by atoms with Gasteiger partial charge < -0.3 is 0 Å². The molecule has 1 aliphatic rings. The van der Waals surface area contributed by atoms with Crippen LogP contribution in [0.5, 0.6) is 0 Å². The fraction of sp³-hybridized carbons (Fsp3) is 0.875. The molecule has 1 amide bonds. The van der Waals surface area contributed by atoms with Crippen LogP contribution in [0.3, 0.4) is 0 Å². The summed E-state index contributed by atoms with van der Waals surface area (Å²) in [5.41, 5.74) is -1.18. The topological polar surface area (TPSA) is 38.8 Å². The van der Waals surface area contributed by atoms with Crippen molar-refractivity contribution in [2.45, 2.75) is 125 Å². The Balaban J connectivity index is 3.26. The van der Waals surface area contributed by atoms with E-state index < -0.39 is 29.7 Å². The molecule has 0 aromatic carbocycles. The molecule has 1 saturated heterocycles. The van der Waals surface area contributed by atoms with Crippen molar-refractivity contribution in [3.8, 4) is 0 Å². The second kappa shape index (κ2) is 11.4. The van der Waals surface area contributed by atoms with Gasteiger partial charge in [0.1, 0.15) is 0 Å². The zero-order valence-electron chi connectivity index (χ0n) is 20.5. The first-order valence-corrected chi connectivity index (χ1v) is 19.3. The third-order valence-electron chi connectivity index (χ3n) is 6.19. The fourth-order valence-corrected chi connectivity index (χ4v) is 20.8. The van der Waals surface area contributed by atoms with Crippen molar-refractivity contribution < 1.29 is 14.3 Å². The summed E-state index contributed by atoms with van der Waals surface area (Å²) in [5, 5.41) is 0. The summed E-state index contributed by atoms with van der Waals surface area (Å²) in [6.45, 7) is 21.9. The molecule has 0 unspecified atom stereocenters. The Labute approximate surface area is 184 Å². The molecule has 1 rings (SSSR count). The van der Waals surface area contributed by atoms with Crippen LogP contribution in [0.25, 0.3) is 0 Å². The number of carbonyl (C=O) groups is 1. The summed E-state index contributed by atoms with van der Waals surface area (Å²) >= 11 is -2.69. The van der Waals surface area contributed by atoms with Gasteiger partial charge >= 0.3 is 185 Å². The van der Waals surface area contributed by atoms with Gasteiger partial charge in [-0.25, -0.2) is 0 Å². The zero-order chi connectivity index (χ0) is 22.3. The fourth-order valence-electron chi connectivity index (χ4n) is 4.47. The Morgan fingerprint density at radius 2 is 1.52 bits per heavy atom. The summed E-state index contributed by atoms with van der Waals surface area (Å²) in [5.74, 6) is 0. The Morgan fingerprint density at radius 3 is 1.90 bits per heavy atom. The standard InChI is InChI=1S/C12H20NO3.3C4H9.Sn/c1-7-9-8-15-12(5,6)13(9)10(14)16-11(2,3)4;3*1-3-4-2;/h9H,1,8H2,2-6H3;3*1,3-4H2,2H3;/t9-;;;;/m1..../s1. The summed E-state index contributed by atoms with van der Waals surface area (Å²) in [6, 6.07) is -0.0405. The summed E-state index contributed by atoms with van der Waals surface area (Å²) < 4.78 is 17.3. The molecule has 0 aliphatic carbocycles. The summed E-state index contributed by atoms with van der Waals surface area (Å²) in [6.07, 6.45) is 7.27. The molecule has 0 N–H and O–H groups in total. The van der Waals surface area contributed by atoms with E-state index in [9.17, 15) is 4.79 Å². The van der Waals surface area contributed by atoms with Gasteiger partial charge in [0.15, 0.2) is 0 Å². The second-order valence-electron chi connectivity index (χ2n) is 10.2. The van der Waals surface area contributed by atoms with Crippen LogP contribution in [0, 0.1) is 0 Å². The van der Waals surface area contributed by atoms with E-state index >= 15 is 0 Å². The van der Waals surface area contributed by atoms with Crippen molar-refractivity contribution in [1.82, 2.24) is 4.90 Å². The van der Waals surface area contributed by atoms with Gasteiger partial charge in [-0.15, -0.1) is 0 Å². The van der Waals surface area contributed by atoms with Crippen molar-refractivity contribution in [1.29, 1.82) is 0 Å². The molecular weight excluding hydrogens is 469 g/mol. The monoisotopic (exact) mass is 517 g/mol. The minimum absolute atomic E-state index is 0.0405. The van der Waals surface area contributed by atoms with Crippen LogP contribution in [0.15, 0.2) is 10.2 Å². The van der Waals surface area contributed by atoms with Gasteiger partial charge in [-0.05, 0) is 0 Å². The SMILES string of the molecule is C=[C]([C@@H]1COC(C)(C)N1C(=O)OC(C)(C)C)[Sn]([CH2]CCC)([CH2]CCC)[CH2]CCC. The van der Waals surface area contributed by atoms with Gasteiger partial charge in [-0.1, -0.05) is 0 Å². The number of hydrogen-bond acceptors (Lipinski definition) is 3.